The summed E-state index contributed by atoms with van der Waals surface area (Å²) in [5.41, 5.74) is 0.879. The van der Waals surface area contributed by atoms with Crippen LogP contribution in [-0.2, 0) is 24.3 Å². The lowest BCUT2D eigenvalue weighted by Crippen LogP contribution is -2.37. The van der Waals surface area contributed by atoms with Crippen molar-refractivity contribution in [3.05, 3.63) is 54.1 Å². The number of amides is 1. The first kappa shape index (κ1) is 23.3. The van der Waals surface area contributed by atoms with E-state index < -0.39 is 34.0 Å². The molecule has 0 aromatic heterocycles. The van der Waals surface area contributed by atoms with Gasteiger partial charge in [-0.05, 0) is 37.1 Å². The van der Waals surface area contributed by atoms with Crippen molar-refractivity contribution in [1.82, 2.24) is 4.72 Å². The molecule has 0 spiro atoms. The van der Waals surface area contributed by atoms with Crippen LogP contribution in [0.15, 0.2) is 58.4 Å². The molecule has 3 rings (SSSR count). The Balaban J connectivity index is 1.74. The van der Waals surface area contributed by atoms with Crippen molar-refractivity contribution in [1.29, 1.82) is 0 Å². The minimum Gasteiger partial charge on any atom is -0.497 e. The van der Waals surface area contributed by atoms with Crippen LogP contribution in [0, 0.1) is 5.92 Å². The summed E-state index contributed by atoms with van der Waals surface area (Å²) in [6.07, 6.45) is -1.09. The zero-order chi connectivity index (χ0) is 23.5. The third-order valence-electron chi connectivity index (χ3n) is 4.80. The predicted molar refractivity (Wildman–Crippen MR) is 119 cm³/mol. The maximum absolute atomic E-state index is 12.8. The average molecular weight is 460 g/mol. The Morgan fingerprint density at radius 3 is 2.47 bits per heavy atom. The quantitative estimate of drug-likeness (QED) is 0.613. The first-order valence-corrected chi connectivity index (χ1v) is 11.5. The van der Waals surface area contributed by atoms with Crippen LogP contribution in [0.4, 0.5) is 5.69 Å². The lowest BCUT2D eigenvalue weighted by Gasteiger charge is -2.19. The molecule has 1 heterocycles. The van der Waals surface area contributed by atoms with Gasteiger partial charge in [0, 0.05) is 17.3 Å². The number of anilines is 1. The van der Waals surface area contributed by atoms with Gasteiger partial charge in [-0.2, -0.15) is 0 Å². The van der Waals surface area contributed by atoms with E-state index >= 15 is 0 Å². The Bertz CT molecular complexity index is 1160. The number of carbonyl (C=O) groups is 2. The summed E-state index contributed by atoms with van der Waals surface area (Å²) >= 11 is 0. The molecule has 1 aliphatic heterocycles. The molecule has 1 aliphatic rings. The van der Waals surface area contributed by atoms with Gasteiger partial charge in [0.2, 0.25) is 0 Å². The normalized spacial score (nSPS) is 17.2. The van der Waals surface area contributed by atoms with Crippen LogP contribution in [0.2, 0.25) is 0 Å². The number of sulfonamides is 1. The van der Waals surface area contributed by atoms with Crippen LogP contribution in [-0.4, -0.2) is 45.4 Å². The second-order valence-corrected chi connectivity index (χ2v) is 9.22. The number of aliphatic imine (C=N–C) groups is 1. The van der Waals surface area contributed by atoms with Crippen LogP contribution in [0.3, 0.4) is 0 Å². The van der Waals surface area contributed by atoms with E-state index in [-0.39, 0.29) is 16.6 Å². The first-order chi connectivity index (χ1) is 15.1. The number of benzene rings is 2. The maximum Gasteiger partial charge on any atom is 0.331 e. The summed E-state index contributed by atoms with van der Waals surface area (Å²) in [7, 11) is -2.22. The molecule has 9 nitrogen and oxygen atoms in total. The SMILES string of the molecule is COc1cccc(NC(=O)C(C)OC(=O)C(N=C2NS(=O)(=O)c3ccccc32)C(C)C)c1. The first-order valence-electron chi connectivity index (χ1n) is 9.98. The van der Waals surface area contributed by atoms with Crippen molar-refractivity contribution >= 4 is 33.4 Å². The molecule has 0 aliphatic carbocycles. The van der Waals surface area contributed by atoms with Gasteiger partial charge < -0.3 is 14.8 Å². The Hall–Kier alpha value is -3.40. The molecule has 32 heavy (non-hydrogen) atoms. The van der Waals surface area contributed by atoms with Crippen molar-refractivity contribution in [3.63, 3.8) is 0 Å². The molecule has 10 heteroatoms. The Labute approximate surface area is 186 Å². The molecule has 0 radical (unpaired) electrons. The summed E-state index contributed by atoms with van der Waals surface area (Å²) in [5, 5.41) is 2.66. The number of esters is 1. The van der Waals surface area contributed by atoms with E-state index in [1.54, 1.807) is 56.3 Å². The number of amidine groups is 1. The number of hydrogen-bond acceptors (Lipinski definition) is 7. The number of nitrogens with zero attached hydrogens (tertiary/aromatic N) is 1. The van der Waals surface area contributed by atoms with E-state index in [0.717, 1.165) is 0 Å². The van der Waals surface area contributed by atoms with E-state index in [4.69, 9.17) is 9.47 Å². The van der Waals surface area contributed by atoms with E-state index in [1.165, 1.54) is 20.1 Å². The van der Waals surface area contributed by atoms with Crippen LogP contribution in [0.5, 0.6) is 5.75 Å². The minimum atomic E-state index is -3.74. The van der Waals surface area contributed by atoms with Gasteiger partial charge in [0.25, 0.3) is 15.9 Å². The summed E-state index contributed by atoms with van der Waals surface area (Å²) in [6.45, 7) is 4.96. The maximum atomic E-state index is 12.8. The number of methoxy groups -OCH3 is 1. The summed E-state index contributed by atoms with van der Waals surface area (Å²) in [4.78, 5) is 29.7. The third-order valence-corrected chi connectivity index (χ3v) is 6.20. The molecule has 2 aromatic rings. The molecule has 0 bridgehead atoms. The molecule has 2 unspecified atom stereocenters. The molecule has 1 amide bonds. The summed E-state index contributed by atoms with van der Waals surface area (Å²) in [5.74, 6) is -0.911. The van der Waals surface area contributed by atoms with Crippen LogP contribution >= 0.6 is 0 Å². The van der Waals surface area contributed by atoms with E-state index in [1.807, 2.05) is 0 Å². The van der Waals surface area contributed by atoms with Crippen molar-refractivity contribution in [2.24, 2.45) is 10.9 Å². The molecule has 2 atom stereocenters. The highest BCUT2D eigenvalue weighted by molar-refractivity contribution is 7.90. The third kappa shape index (κ3) is 5.08. The molecule has 0 fully saturated rings. The number of carbonyl (C=O) groups excluding carboxylic acids is 2. The van der Waals surface area contributed by atoms with Gasteiger partial charge in [-0.15, -0.1) is 0 Å². The van der Waals surface area contributed by atoms with E-state index in [0.29, 0.717) is 17.0 Å². The molecule has 0 saturated carbocycles. The molecular weight excluding hydrogens is 434 g/mol. The Morgan fingerprint density at radius 2 is 1.78 bits per heavy atom. The fourth-order valence-electron chi connectivity index (χ4n) is 3.08. The second-order valence-electron chi connectivity index (χ2n) is 7.57. The molecule has 170 valence electrons. The number of nitrogens with one attached hydrogen (secondary N) is 2. The number of fused-ring (bicyclic) bond motifs is 1. The highest BCUT2D eigenvalue weighted by Crippen LogP contribution is 2.24. The second kappa shape index (κ2) is 9.39. The number of rotatable bonds is 7. The smallest absolute Gasteiger partial charge is 0.331 e. The van der Waals surface area contributed by atoms with Gasteiger partial charge in [-0.3, -0.25) is 14.5 Å². The van der Waals surface area contributed by atoms with Crippen molar-refractivity contribution in [2.75, 3.05) is 12.4 Å². The largest absolute Gasteiger partial charge is 0.497 e. The highest BCUT2D eigenvalue weighted by atomic mass is 32.2. The summed E-state index contributed by atoms with van der Waals surface area (Å²) < 4.78 is 37.5. The molecule has 2 aromatic carbocycles. The van der Waals surface area contributed by atoms with Gasteiger partial charge in [0.05, 0.1) is 12.0 Å². The van der Waals surface area contributed by atoms with Gasteiger partial charge >= 0.3 is 5.97 Å². The van der Waals surface area contributed by atoms with Crippen LogP contribution < -0.4 is 14.8 Å². The van der Waals surface area contributed by atoms with Gasteiger partial charge in [0.15, 0.2) is 12.1 Å². The van der Waals surface area contributed by atoms with Crippen LogP contribution in [0.1, 0.15) is 26.3 Å². The van der Waals surface area contributed by atoms with E-state index in [9.17, 15) is 18.0 Å². The van der Waals surface area contributed by atoms with E-state index in [2.05, 4.69) is 15.0 Å². The summed E-state index contributed by atoms with van der Waals surface area (Å²) in [6, 6.07) is 12.1. The fourth-order valence-corrected chi connectivity index (χ4v) is 4.32. The van der Waals surface area contributed by atoms with Gasteiger partial charge in [-0.1, -0.05) is 32.0 Å². The lowest BCUT2D eigenvalue weighted by atomic mass is 10.0. The lowest BCUT2D eigenvalue weighted by molar-refractivity contribution is -0.155. The fraction of sp³-hybridized carbons (Fsp3) is 0.318. The predicted octanol–water partition coefficient (Wildman–Crippen LogP) is 2.33. The zero-order valence-electron chi connectivity index (χ0n) is 18.2. The minimum absolute atomic E-state index is 0.0738. The highest BCUT2D eigenvalue weighted by Gasteiger charge is 2.34. The monoisotopic (exact) mass is 459 g/mol. The van der Waals surface area contributed by atoms with Crippen molar-refractivity contribution < 1.29 is 27.5 Å². The van der Waals surface area contributed by atoms with Gasteiger partial charge in [-0.25, -0.2) is 13.2 Å². The number of ether oxygens (including phenoxy) is 2. The molecule has 0 saturated heterocycles. The average Bonchev–Trinajstić information content (AvgIpc) is 3.02. The Morgan fingerprint density at radius 1 is 1.06 bits per heavy atom. The van der Waals surface area contributed by atoms with Gasteiger partial charge in [0.1, 0.15) is 11.6 Å². The zero-order valence-corrected chi connectivity index (χ0v) is 19.0. The molecular formula is C22H25N3O6S. The topological polar surface area (TPSA) is 123 Å². The molecule has 2 N–H and O–H groups in total. The van der Waals surface area contributed by atoms with Crippen molar-refractivity contribution in [3.8, 4) is 5.75 Å². The van der Waals surface area contributed by atoms with Crippen molar-refractivity contribution in [2.45, 2.75) is 37.8 Å². The Kier molecular flexibility index (Phi) is 6.83. The standard InChI is InChI=1S/C22H25N3O6S/c1-13(2)19(24-20-17-10-5-6-11-18(17)32(28,29)25-20)22(27)31-14(3)21(26)23-15-8-7-9-16(12-15)30-4/h5-14,19H,1-4H3,(H,23,26)(H,24,25). The number of hydrogen-bond donors (Lipinski definition) is 2. The van der Waals surface area contributed by atoms with Crippen LogP contribution in [0.25, 0.3) is 0 Å².